The zero-order valence-corrected chi connectivity index (χ0v) is 14.8. The molecule has 26 heavy (non-hydrogen) atoms. The zero-order valence-electron chi connectivity index (χ0n) is 14.8. The summed E-state index contributed by atoms with van der Waals surface area (Å²) in [6.45, 7) is 3.84. The molecule has 0 fully saturated rings. The topological polar surface area (TPSA) is 75.9 Å². The van der Waals surface area contributed by atoms with Gasteiger partial charge in [0.15, 0.2) is 6.10 Å². The third kappa shape index (κ3) is 4.03. The van der Waals surface area contributed by atoms with Gasteiger partial charge in [-0.2, -0.15) is 0 Å². The molecule has 0 aromatic heterocycles. The molecule has 0 radical (unpaired) electrons. The Morgan fingerprint density at radius 3 is 2.54 bits per heavy atom. The number of nitrogens with two attached hydrogens (primary N) is 1. The highest BCUT2D eigenvalue weighted by Crippen LogP contribution is 2.33. The molecule has 3 rings (SSSR count). The van der Waals surface area contributed by atoms with E-state index in [0.29, 0.717) is 18.0 Å². The molecule has 1 heterocycles. The Labute approximate surface area is 153 Å². The molecule has 136 valence electrons. The Hall–Kier alpha value is -2.86. The summed E-state index contributed by atoms with van der Waals surface area (Å²) in [4.78, 5) is 28.2. The van der Waals surface area contributed by atoms with Crippen molar-refractivity contribution < 1.29 is 14.3 Å². The van der Waals surface area contributed by atoms with Crippen molar-refractivity contribution in [3.8, 4) is 5.75 Å². The maximum absolute atomic E-state index is 13.0. The number of amides is 2. The van der Waals surface area contributed by atoms with Gasteiger partial charge in [-0.15, -0.1) is 0 Å². The van der Waals surface area contributed by atoms with E-state index in [9.17, 15) is 9.59 Å². The van der Waals surface area contributed by atoms with Crippen molar-refractivity contribution in [2.75, 3.05) is 24.5 Å². The second-order valence-electron chi connectivity index (χ2n) is 6.27. The Balaban J connectivity index is 1.76. The van der Waals surface area contributed by atoms with Crippen LogP contribution in [0.4, 0.5) is 5.69 Å². The first-order valence-corrected chi connectivity index (χ1v) is 8.70. The van der Waals surface area contributed by atoms with Crippen LogP contribution in [0.2, 0.25) is 0 Å². The fourth-order valence-corrected chi connectivity index (χ4v) is 3.02. The number of carbonyl (C=O) groups is 2. The summed E-state index contributed by atoms with van der Waals surface area (Å²) < 4.78 is 5.62. The highest BCUT2D eigenvalue weighted by Gasteiger charge is 2.32. The van der Waals surface area contributed by atoms with Gasteiger partial charge >= 0.3 is 0 Å². The number of benzene rings is 2. The third-order valence-corrected chi connectivity index (χ3v) is 4.45. The summed E-state index contributed by atoms with van der Waals surface area (Å²) >= 11 is 0. The Morgan fingerprint density at radius 2 is 1.85 bits per heavy atom. The molecular weight excluding hydrogens is 330 g/mol. The smallest absolute Gasteiger partial charge is 0.260 e. The van der Waals surface area contributed by atoms with Crippen molar-refractivity contribution in [3.63, 3.8) is 0 Å². The van der Waals surface area contributed by atoms with E-state index < -0.39 is 12.0 Å². The van der Waals surface area contributed by atoms with Crippen LogP contribution in [-0.4, -0.2) is 42.5 Å². The Morgan fingerprint density at radius 1 is 1.15 bits per heavy atom. The molecule has 0 saturated heterocycles. The van der Waals surface area contributed by atoms with E-state index in [1.807, 2.05) is 49.4 Å². The van der Waals surface area contributed by atoms with Crippen molar-refractivity contribution in [1.82, 2.24) is 4.90 Å². The average molecular weight is 353 g/mol. The molecule has 0 spiro atoms. The van der Waals surface area contributed by atoms with Crippen LogP contribution in [0.5, 0.6) is 5.75 Å². The van der Waals surface area contributed by atoms with Crippen LogP contribution < -0.4 is 15.4 Å². The van der Waals surface area contributed by atoms with Crippen molar-refractivity contribution in [1.29, 1.82) is 0 Å². The lowest BCUT2D eigenvalue weighted by Crippen LogP contribution is -2.51. The number of hydrogen-bond acceptors (Lipinski definition) is 4. The van der Waals surface area contributed by atoms with Crippen molar-refractivity contribution in [3.05, 3.63) is 60.2 Å². The van der Waals surface area contributed by atoms with Crippen molar-refractivity contribution in [2.24, 2.45) is 5.73 Å². The van der Waals surface area contributed by atoms with Gasteiger partial charge in [-0.05, 0) is 24.2 Å². The molecule has 1 aliphatic heterocycles. The van der Waals surface area contributed by atoms with Crippen LogP contribution in [0, 0.1) is 0 Å². The van der Waals surface area contributed by atoms with Gasteiger partial charge in [-0.3, -0.25) is 14.5 Å². The number of primary amides is 1. The van der Waals surface area contributed by atoms with Gasteiger partial charge in [-0.25, -0.2) is 0 Å². The fraction of sp³-hybridized carbons (Fsp3) is 0.300. The van der Waals surface area contributed by atoms with Gasteiger partial charge < -0.3 is 15.4 Å². The first-order valence-electron chi connectivity index (χ1n) is 8.70. The maximum Gasteiger partial charge on any atom is 0.260 e. The highest BCUT2D eigenvalue weighted by atomic mass is 16.5. The van der Waals surface area contributed by atoms with Crippen molar-refractivity contribution >= 4 is 17.5 Å². The van der Waals surface area contributed by atoms with Gasteiger partial charge in [0.2, 0.25) is 5.91 Å². The van der Waals surface area contributed by atoms with Gasteiger partial charge in [0.05, 0.1) is 18.8 Å². The van der Waals surface area contributed by atoms with Crippen LogP contribution in [0.1, 0.15) is 12.5 Å². The minimum atomic E-state index is -0.835. The molecule has 2 aromatic carbocycles. The molecular formula is C20H23N3O3. The molecule has 6 nitrogen and oxygen atoms in total. The standard InChI is InChI=1S/C20H23N3O3/c1-2-22(12-15-8-4-3-5-9-15)14-19(24)23-13-18(20(21)25)26-17-11-7-6-10-16(17)23/h3-11,18H,2,12-14H2,1H3,(H2,21,25)/t18-/m1/s1. The van der Waals surface area contributed by atoms with Gasteiger partial charge in [0, 0.05) is 6.54 Å². The molecule has 1 aliphatic rings. The quantitative estimate of drug-likeness (QED) is 0.859. The van der Waals surface area contributed by atoms with Gasteiger partial charge in [0.1, 0.15) is 5.75 Å². The van der Waals surface area contributed by atoms with Crippen LogP contribution in [0.3, 0.4) is 0 Å². The third-order valence-electron chi connectivity index (χ3n) is 4.45. The van der Waals surface area contributed by atoms with E-state index >= 15 is 0 Å². The molecule has 0 aliphatic carbocycles. The van der Waals surface area contributed by atoms with Crippen LogP contribution in [0.15, 0.2) is 54.6 Å². The summed E-state index contributed by atoms with van der Waals surface area (Å²) in [5, 5.41) is 0. The second-order valence-corrected chi connectivity index (χ2v) is 6.27. The monoisotopic (exact) mass is 353 g/mol. The number of hydrogen-bond donors (Lipinski definition) is 1. The van der Waals surface area contributed by atoms with Crippen molar-refractivity contribution in [2.45, 2.75) is 19.6 Å². The summed E-state index contributed by atoms with van der Waals surface area (Å²) in [5.41, 5.74) is 7.23. The minimum Gasteiger partial charge on any atom is -0.477 e. The zero-order chi connectivity index (χ0) is 18.5. The number of para-hydroxylation sites is 2. The highest BCUT2D eigenvalue weighted by molar-refractivity contribution is 5.98. The number of carbonyl (C=O) groups excluding carboxylic acids is 2. The molecule has 0 bridgehead atoms. The number of nitrogens with zero attached hydrogens (tertiary/aromatic N) is 2. The van der Waals surface area contributed by atoms with Gasteiger partial charge in [-0.1, -0.05) is 49.4 Å². The van der Waals surface area contributed by atoms with E-state index in [2.05, 4.69) is 4.90 Å². The Kier molecular flexibility index (Phi) is 5.53. The lowest BCUT2D eigenvalue weighted by Gasteiger charge is -2.34. The first kappa shape index (κ1) is 17.9. The largest absolute Gasteiger partial charge is 0.477 e. The summed E-state index contributed by atoms with van der Waals surface area (Å²) in [6, 6.07) is 17.2. The number of likely N-dealkylation sites (N-methyl/N-ethyl adjacent to an activating group) is 1. The fourth-order valence-electron chi connectivity index (χ4n) is 3.02. The minimum absolute atomic E-state index is 0.0789. The predicted octanol–water partition coefficient (Wildman–Crippen LogP) is 1.79. The molecule has 0 saturated carbocycles. The predicted molar refractivity (Wildman–Crippen MR) is 99.8 cm³/mol. The summed E-state index contributed by atoms with van der Waals surface area (Å²) in [6.07, 6.45) is -0.835. The molecule has 1 atom stereocenters. The van der Waals surface area contributed by atoms with E-state index in [0.717, 1.165) is 12.1 Å². The molecule has 2 aromatic rings. The normalized spacial score (nSPS) is 16.1. The van der Waals surface area contributed by atoms with Crippen LogP contribution in [0.25, 0.3) is 0 Å². The number of anilines is 1. The first-order chi connectivity index (χ1) is 12.6. The molecule has 6 heteroatoms. The summed E-state index contributed by atoms with van der Waals surface area (Å²) in [5.74, 6) is -0.152. The van der Waals surface area contributed by atoms with Crippen LogP contribution in [-0.2, 0) is 16.1 Å². The SMILES string of the molecule is CCN(CC(=O)N1C[C@H](C(N)=O)Oc2ccccc21)Cc1ccccc1. The van der Waals surface area contributed by atoms with E-state index in [1.54, 1.807) is 17.0 Å². The average Bonchev–Trinajstić information content (AvgIpc) is 2.67. The maximum atomic E-state index is 13.0. The van der Waals surface area contributed by atoms with E-state index in [-0.39, 0.29) is 19.0 Å². The summed E-state index contributed by atoms with van der Waals surface area (Å²) in [7, 11) is 0. The number of rotatable bonds is 6. The van der Waals surface area contributed by atoms with Gasteiger partial charge in [0.25, 0.3) is 5.91 Å². The van der Waals surface area contributed by atoms with E-state index in [4.69, 9.17) is 10.5 Å². The second kappa shape index (κ2) is 8.01. The molecule has 2 N–H and O–H groups in total. The number of ether oxygens (including phenoxy) is 1. The lowest BCUT2D eigenvalue weighted by molar-refractivity contribution is -0.125. The van der Waals surface area contributed by atoms with Crippen LogP contribution >= 0.6 is 0 Å². The Bertz CT molecular complexity index is 779. The number of fused-ring (bicyclic) bond motifs is 1. The molecule has 2 amide bonds. The lowest BCUT2D eigenvalue weighted by atomic mass is 10.1. The molecule has 0 unspecified atom stereocenters. The van der Waals surface area contributed by atoms with E-state index in [1.165, 1.54) is 0 Å².